The lowest BCUT2D eigenvalue weighted by Crippen LogP contribution is -1.92. The van der Waals surface area contributed by atoms with Gasteiger partial charge in [0.2, 0.25) is 0 Å². The third-order valence-corrected chi connectivity index (χ3v) is 2.24. The smallest absolute Gasteiger partial charge is 0.0847 e. The Labute approximate surface area is 63.8 Å². The maximum absolute atomic E-state index is 8.42. The molecule has 1 heterocycles. The number of aryl methyl sites for hydroxylation is 1. The van der Waals surface area contributed by atoms with Gasteiger partial charge in [-0.05, 0) is 25.3 Å². The zero-order chi connectivity index (χ0) is 7.56. The number of hydrogen-bond acceptors (Lipinski definition) is 3. The van der Waals surface area contributed by atoms with E-state index in [4.69, 9.17) is 5.21 Å². The predicted molar refractivity (Wildman–Crippen MR) is 43.1 cm³/mol. The van der Waals surface area contributed by atoms with Gasteiger partial charge in [-0.2, -0.15) is 0 Å². The fourth-order valence-electron chi connectivity index (χ4n) is 0.814. The standard InChI is InChI=1S/C7H9NOS/c1-5(8-9)7-3-4-10-6(7)2/h3-4,9H,1-2H3/b8-5-. The van der Waals surface area contributed by atoms with Crippen molar-refractivity contribution < 1.29 is 5.21 Å². The average molecular weight is 155 g/mol. The maximum atomic E-state index is 8.42. The normalized spacial score (nSPS) is 12.0. The van der Waals surface area contributed by atoms with Gasteiger partial charge in [-0.25, -0.2) is 0 Å². The minimum atomic E-state index is 0.679. The zero-order valence-electron chi connectivity index (χ0n) is 5.96. The Kier molecular flexibility index (Phi) is 2.06. The van der Waals surface area contributed by atoms with Crippen molar-refractivity contribution in [2.24, 2.45) is 5.16 Å². The van der Waals surface area contributed by atoms with Gasteiger partial charge in [0.1, 0.15) is 0 Å². The maximum Gasteiger partial charge on any atom is 0.0847 e. The SMILES string of the molecule is C/C(=N/O)c1ccsc1C. The van der Waals surface area contributed by atoms with Crippen molar-refractivity contribution in [1.29, 1.82) is 0 Å². The van der Waals surface area contributed by atoms with E-state index in [0.717, 1.165) is 5.56 Å². The molecule has 0 aromatic carbocycles. The quantitative estimate of drug-likeness (QED) is 0.376. The molecule has 1 N–H and O–H groups in total. The highest BCUT2D eigenvalue weighted by Gasteiger charge is 2.01. The number of oxime groups is 1. The second kappa shape index (κ2) is 2.84. The summed E-state index contributed by atoms with van der Waals surface area (Å²) in [5, 5.41) is 13.5. The van der Waals surface area contributed by atoms with Gasteiger partial charge in [0.25, 0.3) is 0 Å². The molecule has 1 aromatic rings. The second-order valence-electron chi connectivity index (χ2n) is 2.08. The van der Waals surface area contributed by atoms with E-state index < -0.39 is 0 Å². The Hall–Kier alpha value is -0.830. The van der Waals surface area contributed by atoms with Crippen molar-refractivity contribution >= 4 is 17.0 Å². The van der Waals surface area contributed by atoms with E-state index in [1.807, 2.05) is 18.4 Å². The Bertz CT molecular complexity index is 252. The lowest BCUT2D eigenvalue weighted by atomic mass is 10.2. The van der Waals surface area contributed by atoms with Gasteiger partial charge >= 0.3 is 0 Å². The molecular formula is C7H9NOS. The molecule has 0 amide bonds. The van der Waals surface area contributed by atoms with E-state index in [1.165, 1.54) is 4.88 Å². The first-order valence-electron chi connectivity index (χ1n) is 2.99. The molecule has 1 aromatic heterocycles. The van der Waals surface area contributed by atoms with Crippen LogP contribution in [0.15, 0.2) is 16.6 Å². The lowest BCUT2D eigenvalue weighted by Gasteiger charge is -1.93. The van der Waals surface area contributed by atoms with Gasteiger partial charge in [-0.3, -0.25) is 0 Å². The summed E-state index contributed by atoms with van der Waals surface area (Å²) in [7, 11) is 0. The van der Waals surface area contributed by atoms with Crippen molar-refractivity contribution in [1.82, 2.24) is 0 Å². The summed E-state index contributed by atoms with van der Waals surface area (Å²) < 4.78 is 0. The fourth-order valence-corrected chi connectivity index (χ4v) is 1.57. The minimum absolute atomic E-state index is 0.679. The van der Waals surface area contributed by atoms with E-state index in [2.05, 4.69) is 5.16 Å². The minimum Gasteiger partial charge on any atom is -0.411 e. The van der Waals surface area contributed by atoms with Crippen LogP contribution in [0.3, 0.4) is 0 Å². The Balaban J connectivity index is 3.05. The Morgan fingerprint density at radius 2 is 2.40 bits per heavy atom. The van der Waals surface area contributed by atoms with E-state index in [-0.39, 0.29) is 0 Å². The molecule has 0 fully saturated rings. The van der Waals surface area contributed by atoms with E-state index in [9.17, 15) is 0 Å². The van der Waals surface area contributed by atoms with Crippen molar-refractivity contribution in [2.75, 3.05) is 0 Å². The monoisotopic (exact) mass is 155 g/mol. The van der Waals surface area contributed by atoms with Crippen LogP contribution >= 0.6 is 11.3 Å². The van der Waals surface area contributed by atoms with E-state index >= 15 is 0 Å². The molecular weight excluding hydrogens is 146 g/mol. The summed E-state index contributed by atoms with van der Waals surface area (Å²) in [6.45, 7) is 3.80. The first kappa shape index (κ1) is 7.28. The molecule has 0 unspecified atom stereocenters. The van der Waals surface area contributed by atoms with Crippen LogP contribution in [-0.2, 0) is 0 Å². The predicted octanol–water partition coefficient (Wildman–Crippen LogP) is 2.25. The van der Waals surface area contributed by atoms with Crippen LogP contribution in [0.1, 0.15) is 17.4 Å². The highest BCUT2D eigenvalue weighted by molar-refractivity contribution is 7.10. The third-order valence-electron chi connectivity index (χ3n) is 1.40. The van der Waals surface area contributed by atoms with Crippen molar-refractivity contribution in [3.8, 4) is 0 Å². The van der Waals surface area contributed by atoms with Gasteiger partial charge < -0.3 is 5.21 Å². The Morgan fingerprint density at radius 1 is 1.70 bits per heavy atom. The number of thiophene rings is 1. The number of hydrogen-bond donors (Lipinski definition) is 1. The van der Waals surface area contributed by atoms with Crippen molar-refractivity contribution in [2.45, 2.75) is 13.8 Å². The van der Waals surface area contributed by atoms with Gasteiger partial charge in [0.15, 0.2) is 0 Å². The molecule has 0 saturated carbocycles. The fraction of sp³-hybridized carbons (Fsp3) is 0.286. The molecule has 0 spiro atoms. The highest BCUT2D eigenvalue weighted by atomic mass is 32.1. The summed E-state index contributed by atoms with van der Waals surface area (Å²) in [5.74, 6) is 0. The molecule has 54 valence electrons. The largest absolute Gasteiger partial charge is 0.411 e. The molecule has 0 aliphatic heterocycles. The van der Waals surface area contributed by atoms with Crippen LogP contribution in [0.5, 0.6) is 0 Å². The highest BCUT2D eigenvalue weighted by Crippen LogP contribution is 2.15. The molecule has 10 heavy (non-hydrogen) atoms. The lowest BCUT2D eigenvalue weighted by molar-refractivity contribution is 0.319. The molecule has 0 aliphatic carbocycles. The van der Waals surface area contributed by atoms with Gasteiger partial charge in [-0.1, -0.05) is 5.16 Å². The summed E-state index contributed by atoms with van der Waals surface area (Å²) in [4.78, 5) is 1.19. The summed E-state index contributed by atoms with van der Waals surface area (Å²) in [6.07, 6.45) is 0. The topological polar surface area (TPSA) is 32.6 Å². The van der Waals surface area contributed by atoms with Crippen molar-refractivity contribution in [3.63, 3.8) is 0 Å². The molecule has 0 saturated heterocycles. The molecule has 3 heteroatoms. The van der Waals surface area contributed by atoms with Crippen molar-refractivity contribution in [3.05, 3.63) is 21.9 Å². The Morgan fingerprint density at radius 3 is 2.80 bits per heavy atom. The van der Waals surface area contributed by atoms with Crippen LogP contribution in [0.25, 0.3) is 0 Å². The summed E-state index contributed by atoms with van der Waals surface area (Å²) in [6, 6.07) is 1.95. The summed E-state index contributed by atoms with van der Waals surface area (Å²) >= 11 is 1.66. The van der Waals surface area contributed by atoms with E-state index in [0.29, 0.717) is 5.71 Å². The van der Waals surface area contributed by atoms with Crippen LogP contribution in [0.2, 0.25) is 0 Å². The third kappa shape index (κ3) is 1.19. The van der Waals surface area contributed by atoms with Crippen LogP contribution in [0.4, 0.5) is 0 Å². The van der Waals surface area contributed by atoms with Crippen LogP contribution in [-0.4, -0.2) is 10.9 Å². The van der Waals surface area contributed by atoms with Crippen LogP contribution < -0.4 is 0 Å². The molecule has 0 bridgehead atoms. The number of rotatable bonds is 1. The second-order valence-corrected chi connectivity index (χ2v) is 3.20. The van der Waals surface area contributed by atoms with Gasteiger partial charge in [0, 0.05) is 10.4 Å². The summed E-state index contributed by atoms with van der Waals surface area (Å²) in [5.41, 5.74) is 1.71. The molecule has 1 rings (SSSR count). The molecule has 0 atom stereocenters. The van der Waals surface area contributed by atoms with Gasteiger partial charge in [0.05, 0.1) is 5.71 Å². The number of nitrogens with zero attached hydrogens (tertiary/aromatic N) is 1. The first-order valence-corrected chi connectivity index (χ1v) is 3.87. The van der Waals surface area contributed by atoms with Gasteiger partial charge in [-0.15, -0.1) is 11.3 Å². The zero-order valence-corrected chi connectivity index (χ0v) is 6.77. The van der Waals surface area contributed by atoms with E-state index in [1.54, 1.807) is 18.3 Å². The average Bonchev–Trinajstić information content (AvgIpc) is 2.34. The van der Waals surface area contributed by atoms with Crippen LogP contribution in [0, 0.1) is 6.92 Å². The molecule has 0 radical (unpaired) electrons. The first-order chi connectivity index (χ1) is 4.75. The molecule has 0 aliphatic rings. The molecule has 2 nitrogen and oxygen atoms in total.